The van der Waals surface area contributed by atoms with Crippen molar-refractivity contribution in [2.45, 2.75) is 25.6 Å². The highest BCUT2D eigenvalue weighted by Gasteiger charge is 2.11. The van der Waals surface area contributed by atoms with Gasteiger partial charge in [-0.3, -0.25) is 9.89 Å². The molecule has 1 heterocycles. The van der Waals surface area contributed by atoms with Crippen molar-refractivity contribution in [3.8, 4) is 11.5 Å². The number of rotatable bonds is 8. The summed E-state index contributed by atoms with van der Waals surface area (Å²) in [6.45, 7) is 4.29. The van der Waals surface area contributed by atoms with E-state index in [-0.39, 0.29) is 18.3 Å². The topological polar surface area (TPSA) is 89.1 Å². The molecule has 28 heavy (non-hydrogen) atoms. The van der Waals surface area contributed by atoms with Crippen molar-refractivity contribution in [1.29, 1.82) is 0 Å². The molecule has 2 aromatic carbocycles. The molecule has 0 bridgehead atoms. The number of thioether (sulfide) groups is 1. The third-order valence-electron chi connectivity index (χ3n) is 3.99. The maximum absolute atomic E-state index is 12.2. The molecule has 0 aliphatic carbocycles. The molecule has 1 amide bonds. The average Bonchev–Trinajstić information content (AvgIpc) is 3.14. The minimum Gasteiger partial charge on any atom is -0.495 e. The van der Waals surface area contributed by atoms with E-state index in [9.17, 15) is 4.79 Å². The molecule has 3 rings (SSSR count). The molecule has 7 nitrogen and oxygen atoms in total. The number of carbonyl (C=O) groups is 1. The quantitative estimate of drug-likeness (QED) is 0.562. The first-order chi connectivity index (χ1) is 13.6. The van der Waals surface area contributed by atoms with E-state index in [1.54, 1.807) is 19.2 Å². The minimum absolute atomic E-state index is 0.160. The van der Waals surface area contributed by atoms with E-state index in [1.165, 1.54) is 11.8 Å². The number of amides is 1. The van der Waals surface area contributed by atoms with Crippen LogP contribution in [0.1, 0.15) is 17.0 Å². The van der Waals surface area contributed by atoms with Gasteiger partial charge in [0.15, 0.2) is 5.82 Å². The summed E-state index contributed by atoms with van der Waals surface area (Å²) in [5.41, 5.74) is 2.78. The molecule has 1 aromatic heterocycles. The Bertz CT molecular complexity index is 938. The zero-order valence-corrected chi connectivity index (χ0v) is 16.8. The molecule has 0 aliphatic heterocycles. The van der Waals surface area contributed by atoms with Crippen LogP contribution in [0.4, 0.5) is 5.69 Å². The standard InChI is InChI=1S/C20H22N4O3S/c1-13-7-6-8-14(2)19(13)27-11-17-22-20(24-23-17)28-12-18(25)21-15-9-4-5-10-16(15)26-3/h4-10H,11-12H2,1-3H3,(H,21,25)(H,22,23,24). The van der Waals surface area contributed by atoms with Crippen LogP contribution in [0.3, 0.4) is 0 Å². The number of ether oxygens (including phenoxy) is 2. The van der Waals surface area contributed by atoms with Crippen molar-refractivity contribution in [3.05, 3.63) is 59.4 Å². The Morgan fingerprint density at radius 2 is 1.89 bits per heavy atom. The minimum atomic E-state index is -0.160. The van der Waals surface area contributed by atoms with Crippen LogP contribution in [-0.2, 0) is 11.4 Å². The molecule has 0 aliphatic rings. The largest absolute Gasteiger partial charge is 0.495 e. The zero-order chi connectivity index (χ0) is 19.9. The van der Waals surface area contributed by atoms with Crippen LogP contribution in [0.25, 0.3) is 0 Å². The first-order valence-electron chi connectivity index (χ1n) is 8.72. The summed E-state index contributed by atoms with van der Waals surface area (Å²) in [6, 6.07) is 13.3. The maximum Gasteiger partial charge on any atom is 0.234 e. The van der Waals surface area contributed by atoms with Gasteiger partial charge >= 0.3 is 0 Å². The number of hydrogen-bond donors (Lipinski definition) is 2. The first kappa shape index (κ1) is 19.8. The van der Waals surface area contributed by atoms with Crippen LogP contribution in [0.5, 0.6) is 11.5 Å². The predicted octanol–water partition coefficient (Wildman–Crippen LogP) is 3.74. The van der Waals surface area contributed by atoms with E-state index in [0.29, 0.717) is 22.4 Å². The maximum atomic E-state index is 12.2. The lowest BCUT2D eigenvalue weighted by atomic mass is 10.1. The van der Waals surface area contributed by atoms with Crippen molar-refractivity contribution >= 4 is 23.4 Å². The number of aromatic amines is 1. The van der Waals surface area contributed by atoms with Gasteiger partial charge in [-0.25, -0.2) is 4.98 Å². The van der Waals surface area contributed by atoms with Gasteiger partial charge in [0, 0.05) is 0 Å². The van der Waals surface area contributed by atoms with Crippen molar-refractivity contribution in [2.75, 3.05) is 18.2 Å². The van der Waals surface area contributed by atoms with Crippen LogP contribution < -0.4 is 14.8 Å². The van der Waals surface area contributed by atoms with E-state index in [2.05, 4.69) is 20.5 Å². The molecule has 3 aromatic rings. The monoisotopic (exact) mass is 398 g/mol. The van der Waals surface area contributed by atoms with E-state index >= 15 is 0 Å². The van der Waals surface area contributed by atoms with Crippen LogP contribution in [0, 0.1) is 13.8 Å². The van der Waals surface area contributed by atoms with Crippen molar-refractivity contribution in [1.82, 2.24) is 15.2 Å². The Labute approximate surface area is 167 Å². The number of aryl methyl sites for hydroxylation is 2. The predicted molar refractivity (Wildman–Crippen MR) is 109 cm³/mol. The van der Waals surface area contributed by atoms with E-state index in [4.69, 9.17) is 9.47 Å². The molecular formula is C20H22N4O3S. The summed E-state index contributed by atoms with van der Waals surface area (Å²) in [7, 11) is 1.56. The Morgan fingerprint density at radius 1 is 1.14 bits per heavy atom. The summed E-state index contributed by atoms with van der Waals surface area (Å²) in [4.78, 5) is 16.5. The molecule has 146 valence electrons. The Kier molecular flexibility index (Phi) is 6.54. The number of nitrogens with one attached hydrogen (secondary N) is 2. The molecule has 0 spiro atoms. The van der Waals surface area contributed by atoms with Crippen LogP contribution >= 0.6 is 11.8 Å². The Hall–Kier alpha value is -3.00. The number of methoxy groups -OCH3 is 1. The fourth-order valence-corrected chi connectivity index (χ4v) is 3.26. The van der Waals surface area contributed by atoms with E-state index in [1.807, 2.05) is 44.2 Å². The van der Waals surface area contributed by atoms with Crippen LogP contribution in [-0.4, -0.2) is 34.0 Å². The Balaban J connectivity index is 1.51. The lowest BCUT2D eigenvalue weighted by Crippen LogP contribution is -2.14. The summed E-state index contributed by atoms with van der Waals surface area (Å²) in [6.07, 6.45) is 0. The summed E-state index contributed by atoms with van der Waals surface area (Å²) < 4.78 is 11.1. The second-order valence-corrected chi connectivity index (χ2v) is 7.05. The number of para-hydroxylation sites is 3. The number of benzene rings is 2. The summed E-state index contributed by atoms with van der Waals surface area (Å²) in [5, 5.41) is 10.3. The highest BCUT2D eigenvalue weighted by Crippen LogP contribution is 2.24. The van der Waals surface area contributed by atoms with Crippen LogP contribution in [0.15, 0.2) is 47.6 Å². The van der Waals surface area contributed by atoms with Crippen molar-refractivity contribution in [3.63, 3.8) is 0 Å². The molecule has 0 saturated carbocycles. The average molecular weight is 398 g/mol. The second-order valence-electron chi connectivity index (χ2n) is 6.11. The lowest BCUT2D eigenvalue weighted by molar-refractivity contribution is -0.113. The number of hydrogen-bond acceptors (Lipinski definition) is 6. The normalized spacial score (nSPS) is 10.5. The van der Waals surface area contributed by atoms with Gasteiger partial charge in [-0.05, 0) is 37.1 Å². The third kappa shape index (κ3) is 5.04. The smallest absolute Gasteiger partial charge is 0.234 e. The van der Waals surface area contributed by atoms with E-state index < -0.39 is 0 Å². The number of aromatic nitrogens is 3. The fraction of sp³-hybridized carbons (Fsp3) is 0.250. The number of nitrogens with zero attached hydrogens (tertiary/aromatic N) is 2. The van der Waals surface area contributed by atoms with Gasteiger partial charge in [-0.1, -0.05) is 42.1 Å². The SMILES string of the molecule is COc1ccccc1NC(=O)CSc1n[nH]c(COc2c(C)cccc2C)n1. The summed E-state index contributed by atoms with van der Waals surface area (Å²) >= 11 is 1.25. The van der Waals surface area contributed by atoms with Gasteiger partial charge in [0.2, 0.25) is 11.1 Å². The molecule has 0 saturated heterocycles. The molecule has 0 fully saturated rings. The van der Waals surface area contributed by atoms with Gasteiger partial charge < -0.3 is 14.8 Å². The molecular weight excluding hydrogens is 376 g/mol. The first-order valence-corrected chi connectivity index (χ1v) is 9.71. The lowest BCUT2D eigenvalue weighted by Gasteiger charge is -2.10. The van der Waals surface area contributed by atoms with Gasteiger partial charge in [-0.2, -0.15) is 0 Å². The second kappa shape index (κ2) is 9.27. The molecule has 2 N–H and O–H groups in total. The van der Waals surface area contributed by atoms with Crippen LogP contribution in [0.2, 0.25) is 0 Å². The third-order valence-corrected chi connectivity index (χ3v) is 4.83. The summed E-state index contributed by atoms with van der Waals surface area (Å²) in [5.74, 6) is 2.10. The fourth-order valence-electron chi connectivity index (χ4n) is 2.64. The van der Waals surface area contributed by atoms with Crippen molar-refractivity contribution < 1.29 is 14.3 Å². The highest BCUT2D eigenvalue weighted by atomic mass is 32.2. The van der Waals surface area contributed by atoms with Gasteiger partial charge in [0.05, 0.1) is 18.6 Å². The highest BCUT2D eigenvalue weighted by molar-refractivity contribution is 7.99. The molecule has 0 radical (unpaired) electrons. The number of carbonyl (C=O) groups excluding carboxylic acids is 1. The zero-order valence-electron chi connectivity index (χ0n) is 16.0. The van der Waals surface area contributed by atoms with Gasteiger partial charge in [0.1, 0.15) is 18.1 Å². The van der Waals surface area contributed by atoms with E-state index in [0.717, 1.165) is 16.9 Å². The van der Waals surface area contributed by atoms with Crippen molar-refractivity contribution in [2.24, 2.45) is 0 Å². The number of H-pyrrole nitrogens is 1. The number of anilines is 1. The van der Waals surface area contributed by atoms with Gasteiger partial charge in [-0.15, -0.1) is 5.10 Å². The molecule has 8 heteroatoms. The van der Waals surface area contributed by atoms with Gasteiger partial charge in [0.25, 0.3) is 0 Å². The molecule has 0 atom stereocenters. The molecule has 0 unspecified atom stereocenters. The Morgan fingerprint density at radius 3 is 2.64 bits per heavy atom.